The number of nitrogens with zero attached hydrogens (tertiary/aromatic N) is 1. The highest BCUT2D eigenvalue weighted by atomic mass is 16.5. The number of aliphatic hydroxyl groups is 1. The summed E-state index contributed by atoms with van der Waals surface area (Å²) in [7, 11) is 0. The molecule has 2 N–H and O–H groups in total. The summed E-state index contributed by atoms with van der Waals surface area (Å²) in [6.45, 7) is 4.68. The Labute approximate surface area is 125 Å². The van der Waals surface area contributed by atoms with Crippen LogP contribution in [-0.4, -0.2) is 35.5 Å². The monoisotopic (exact) mass is 286 g/mol. The number of benzene rings is 1. The number of nitrogens with one attached hydrogen (secondary N) is 1. The van der Waals surface area contributed by atoms with Crippen LogP contribution in [0.25, 0.3) is 10.9 Å². The number of ether oxygens (including phenoxy) is 1. The summed E-state index contributed by atoms with van der Waals surface area (Å²) in [5.41, 5.74) is 2.66. The Morgan fingerprint density at radius 2 is 2.05 bits per heavy atom. The molecule has 0 radical (unpaired) electrons. The van der Waals surface area contributed by atoms with Crippen molar-refractivity contribution in [3.63, 3.8) is 0 Å². The lowest BCUT2D eigenvalue weighted by atomic mass is 9.94. The van der Waals surface area contributed by atoms with Gasteiger partial charge >= 0.3 is 0 Å². The van der Waals surface area contributed by atoms with Crippen LogP contribution in [0.2, 0.25) is 0 Å². The maximum absolute atomic E-state index is 10.4. The third kappa shape index (κ3) is 3.59. The Hall–Kier alpha value is -1.49. The van der Waals surface area contributed by atoms with Gasteiger partial charge in [0.2, 0.25) is 0 Å². The highest BCUT2D eigenvalue weighted by Crippen LogP contribution is 2.20. The molecule has 0 amide bonds. The maximum atomic E-state index is 10.4. The van der Waals surface area contributed by atoms with Gasteiger partial charge in [0.15, 0.2) is 0 Å². The van der Waals surface area contributed by atoms with Gasteiger partial charge in [0.25, 0.3) is 0 Å². The zero-order valence-electron chi connectivity index (χ0n) is 12.4. The lowest BCUT2D eigenvalue weighted by Crippen LogP contribution is -2.44. The zero-order valence-corrected chi connectivity index (χ0v) is 12.4. The van der Waals surface area contributed by atoms with Crippen molar-refractivity contribution < 1.29 is 9.84 Å². The van der Waals surface area contributed by atoms with Crippen LogP contribution in [-0.2, 0) is 11.3 Å². The second-order valence-corrected chi connectivity index (χ2v) is 5.92. The number of aryl methyl sites for hydroxylation is 1. The van der Waals surface area contributed by atoms with Crippen LogP contribution in [0.1, 0.15) is 24.1 Å². The van der Waals surface area contributed by atoms with Crippen LogP contribution >= 0.6 is 0 Å². The summed E-state index contributed by atoms with van der Waals surface area (Å²) in [5, 5.41) is 14.9. The average molecular weight is 286 g/mol. The number of hydrogen-bond acceptors (Lipinski definition) is 4. The van der Waals surface area contributed by atoms with Gasteiger partial charge in [0, 0.05) is 50.2 Å². The minimum absolute atomic E-state index is 0.612. The molecule has 1 aliphatic rings. The van der Waals surface area contributed by atoms with Gasteiger partial charge in [0.1, 0.15) is 0 Å². The molecule has 1 aromatic heterocycles. The highest BCUT2D eigenvalue weighted by molar-refractivity contribution is 5.79. The fourth-order valence-corrected chi connectivity index (χ4v) is 2.75. The van der Waals surface area contributed by atoms with E-state index >= 15 is 0 Å². The molecule has 1 aromatic carbocycles. The molecule has 112 valence electrons. The second kappa shape index (κ2) is 6.10. The fourth-order valence-electron chi connectivity index (χ4n) is 2.75. The van der Waals surface area contributed by atoms with Crippen LogP contribution < -0.4 is 5.32 Å². The molecule has 0 atom stereocenters. The summed E-state index contributed by atoms with van der Waals surface area (Å²) in [6.07, 6.45) is 1.42. The average Bonchev–Trinajstić information content (AvgIpc) is 2.48. The lowest BCUT2D eigenvalue weighted by Gasteiger charge is -2.32. The first-order valence-electron chi connectivity index (χ1n) is 7.52. The van der Waals surface area contributed by atoms with Crippen molar-refractivity contribution in [2.75, 3.05) is 19.8 Å². The molecular weight excluding hydrogens is 264 g/mol. The van der Waals surface area contributed by atoms with Crippen molar-refractivity contribution in [2.45, 2.75) is 31.9 Å². The Morgan fingerprint density at radius 3 is 2.86 bits per heavy atom. The molecular formula is C17H22N2O2. The van der Waals surface area contributed by atoms with Crippen molar-refractivity contribution in [1.82, 2.24) is 10.3 Å². The molecule has 3 rings (SSSR count). The van der Waals surface area contributed by atoms with Crippen molar-refractivity contribution in [2.24, 2.45) is 0 Å². The van der Waals surface area contributed by atoms with E-state index in [1.165, 1.54) is 5.56 Å². The van der Waals surface area contributed by atoms with Gasteiger partial charge in [-0.25, -0.2) is 0 Å². The van der Waals surface area contributed by atoms with Crippen LogP contribution in [0.15, 0.2) is 30.3 Å². The van der Waals surface area contributed by atoms with E-state index in [1.807, 2.05) is 13.0 Å². The predicted molar refractivity (Wildman–Crippen MR) is 83.2 cm³/mol. The van der Waals surface area contributed by atoms with Crippen LogP contribution in [0, 0.1) is 6.92 Å². The summed E-state index contributed by atoms with van der Waals surface area (Å²) >= 11 is 0. The third-order valence-corrected chi connectivity index (χ3v) is 4.10. The molecule has 0 unspecified atom stereocenters. The summed E-state index contributed by atoms with van der Waals surface area (Å²) in [4.78, 5) is 4.51. The first-order valence-corrected chi connectivity index (χ1v) is 7.52. The van der Waals surface area contributed by atoms with Gasteiger partial charge in [-0.2, -0.15) is 0 Å². The quantitative estimate of drug-likeness (QED) is 0.904. The molecule has 0 bridgehead atoms. The highest BCUT2D eigenvalue weighted by Gasteiger charge is 2.28. The van der Waals surface area contributed by atoms with Gasteiger partial charge in [-0.15, -0.1) is 0 Å². The molecule has 1 fully saturated rings. The van der Waals surface area contributed by atoms with E-state index in [9.17, 15) is 5.11 Å². The largest absolute Gasteiger partial charge is 0.388 e. The van der Waals surface area contributed by atoms with Gasteiger partial charge in [-0.3, -0.25) is 4.98 Å². The van der Waals surface area contributed by atoms with E-state index < -0.39 is 5.60 Å². The van der Waals surface area contributed by atoms with Gasteiger partial charge in [0.05, 0.1) is 11.1 Å². The molecule has 4 heteroatoms. The van der Waals surface area contributed by atoms with Gasteiger partial charge < -0.3 is 15.2 Å². The van der Waals surface area contributed by atoms with Crippen molar-refractivity contribution in [1.29, 1.82) is 0 Å². The molecule has 1 aliphatic heterocycles. The molecule has 0 spiro atoms. The molecule has 1 saturated heterocycles. The number of rotatable bonds is 4. The Kier molecular flexibility index (Phi) is 4.19. The Bertz CT molecular complexity index is 621. The zero-order chi connectivity index (χ0) is 14.7. The number of hydrogen-bond donors (Lipinski definition) is 2. The molecule has 2 heterocycles. The first-order chi connectivity index (χ1) is 10.1. The molecule has 2 aromatic rings. The third-order valence-electron chi connectivity index (χ3n) is 4.10. The minimum atomic E-state index is -0.617. The lowest BCUT2D eigenvalue weighted by molar-refractivity contribution is -0.0617. The standard InChI is InChI=1S/C17H22N2O2/c1-13-2-4-15-10-14(3-5-16(15)19-13)11-18-12-17(20)6-8-21-9-7-17/h2-5,10,18,20H,6-9,11-12H2,1H3. The normalized spacial score (nSPS) is 18.0. The van der Waals surface area contributed by atoms with E-state index in [0.29, 0.717) is 32.6 Å². The topological polar surface area (TPSA) is 54.4 Å². The minimum Gasteiger partial charge on any atom is -0.388 e. The van der Waals surface area contributed by atoms with Crippen LogP contribution in [0.4, 0.5) is 0 Å². The van der Waals surface area contributed by atoms with Crippen molar-refractivity contribution >= 4 is 10.9 Å². The molecule has 0 saturated carbocycles. The summed E-state index contributed by atoms with van der Waals surface area (Å²) in [6, 6.07) is 10.4. The van der Waals surface area contributed by atoms with Crippen molar-refractivity contribution in [3.05, 3.63) is 41.6 Å². The number of pyridine rings is 1. The fraction of sp³-hybridized carbons (Fsp3) is 0.471. The first kappa shape index (κ1) is 14.4. The van der Waals surface area contributed by atoms with E-state index in [2.05, 4.69) is 34.6 Å². The van der Waals surface area contributed by atoms with Gasteiger partial charge in [-0.1, -0.05) is 12.1 Å². The Morgan fingerprint density at radius 1 is 1.24 bits per heavy atom. The summed E-state index contributed by atoms with van der Waals surface area (Å²) in [5.74, 6) is 0. The van der Waals surface area contributed by atoms with Crippen LogP contribution in [0.3, 0.4) is 0 Å². The molecule has 4 nitrogen and oxygen atoms in total. The summed E-state index contributed by atoms with van der Waals surface area (Å²) < 4.78 is 5.29. The Balaban J connectivity index is 1.61. The van der Waals surface area contributed by atoms with E-state index in [0.717, 1.165) is 23.1 Å². The SMILES string of the molecule is Cc1ccc2cc(CNCC3(O)CCOCC3)ccc2n1. The predicted octanol–water partition coefficient (Wildman–Crippen LogP) is 2.17. The molecule has 21 heavy (non-hydrogen) atoms. The number of aromatic nitrogens is 1. The maximum Gasteiger partial charge on any atom is 0.0815 e. The van der Waals surface area contributed by atoms with E-state index in [4.69, 9.17) is 4.74 Å². The molecule has 0 aliphatic carbocycles. The van der Waals surface area contributed by atoms with Crippen LogP contribution in [0.5, 0.6) is 0 Å². The second-order valence-electron chi connectivity index (χ2n) is 5.92. The van der Waals surface area contributed by atoms with E-state index in [-0.39, 0.29) is 0 Å². The van der Waals surface area contributed by atoms with E-state index in [1.54, 1.807) is 0 Å². The number of fused-ring (bicyclic) bond motifs is 1. The van der Waals surface area contributed by atoms with Crippen molar-refractivity contribution in [3.8, 4) is 0 Å². The smallest absolute Gasteiger partial charge is 0.0815 e. The van der Waals surface area contributed by atoms with Gasteiger partial charge in [-0.05, 0) is 30.7 Å².